The van der Waals surface area contributed by atoms with Crippen LogP contribution in [-0.4, -0.2) is 32.8 Å². The van der Waals surface area contributed by atoms with Gasteiger partial charge in [-0.3, -0.25) is 9.20 Å². The van der Waals surface area contributed by atoms with Crippen molar-refractivity contribution in [2.24, 2.45) is 0 Å². The molecule has 1 saturated heterocycles. The van der Waals surface area contributed by atoms with Crippen molar-refractivity contribution < 1.29 is 4.79 Å². The molecule has 94 valence electrons. The molecular formula is C13H15N3OS. The Morgan fingerprint density at radius 1 is 1.56 bits per heavy atom. The molecule has 0 radical (unpaired) electrons. The van der Waals surface area contributed by atoms with Gasteiger partial charge in [-0.05, 0) is 31.2 Å². The molecule has 1 atom stereocenters. The van der Waals surface area contributed by atoms with Crippen LogP contribution in [0.3, 0.4) is 0 Å². The topological polar surface area (TPSA) is 46.4 Å². The molecule has 3 rings (SSSR count). The normalized spacial score (nSPS) is 19.3. The van der Waals surface area contributed by atoms with E-state index in [1.165, 1.54) is 0 Å². The molecule has 0 spiro atoms. The van der Waals surface area contributed by atoms with Crippen LogP contribution in [0.4, 0.5) is 0 Å². The summed E-state index contributed by atoms with van der Waals surface area (Å²) in [6, 6.07) is 6.05. The minimum absolute atomic E-state index is 0.0151. The van der Waals surface area contributed by atoms with Gasteiger partial charge in [-0.25, -0.2) is 4.98 Å². The van der Waals surface area contributed by atoms with E-state index in [2.05, 4.69) is 10.3 Å². The number of aryl methyl sites for hydroxylation is 1. The van der Waals surface area contributed by atoms with E-state index in [0.29, 0.717) is 11.7 Å². The van der Waals surface area contributed by atoms with Crippen LogP contribution in [0.1, 0.15) is 22.6 Å². The zero-order chi connectivity index (χ0) is 12.5. The number of hydrogen-bond donors (Lipinski definition) is 1. The Bertz CT molecular complexity index is 587. The van der Waals surface area contributed by atoms with Gasteiger partial charge in [-0.1, -0.05) is 6.07 Å². The number of imidazole rings is 1. The average Bonchev–Trinajstić information content (AvgIpc) is 2.94. The Hall–Kier alpha value is -1.49. The summed E-state index contributed by atoms with van der Waals surface area (Å²) in [4.78, 5) is 16.7. The van der Waals surface area contributed by atoms with Crippen molar-refractivity contribution >= 4 is 23.3 Å². The van der Waals surface area contributed by atoms with Crippen LogP contribution in [0, 0.1) is 6.92 Å². The maximum Gasteiger partial charge on any atom is 0.270 e. The zero-order valence-electron chi connectivity index (χ0n) is 10.2. The number of nitrogens with zero attached hydrogens (tertiary/aromatic N) is 2. The van der Waals surface area contributed by atoms with Crippen LogP contribution < -0.4 is 5.32 Å². The third-order valence-electron chi connectivity index (χ3n) is 3.18. The largest absolute Gasteiger partial charge is 0.347 e. The van der Waals surface area contributed by atoms with Crippen LogP contribution in [0.2, 0.25) is 0 Å². The SMILES string of the molecule is Cc1nc2ccccn2c1C(=O)N[C@H]1CCSC1. The minimum atomic E-state index is -0.0151. The molecule has 1 amide bonds. The number of fused-ring (bicyclic) bond motifs is 1. The molecule has 0 saturated carbocycles. The number of hydrogen-bond acceptors (Lipinski definition) is 3. The number of pyridine rings is 1. The molecule has 3 heterocycles. The monoisotopic (exact) mass is 261 g/mol. The number of rotatable bonds is 2. The smallest absolute Gasteiger partial charge is 0.270 e. The third kappa shape index (κ3) is 1.99. The van der Waals surface area contributed by atoms with Gasteiger partial charge in [0.2, 0.25) is 0 Å². The Kier molecular flexibility index (Phi) is 2.99. The van der Waals surface area contributed by atoms with Crippen LogP contribution in [0.5, 0.6) is 0 Å². The molecule has 1 N–H and O–H groups in total. The Morgan fingerprint density at radius 3 is 3.22 bits per heavy atom. The van der Waals surface area contributed by atoms with Crippen LogP contribution in [0.25, 0.3) is 5.65 Å². The quantitative estimate of drug-likeness (QED) is 0.898. The molecule has 5 heteroatoms. The zero-order valence-corrected chi connectivity index (χ0v) is 11.0. The van der Waals surface area contributed by atoms with Crippen molar-refractivity contribution in [3.8, 4) is 0 Å². The molecule has 18 heavy (non-hydrogen) atoms. The van der Waals surface area contributed by atoms with Gasteiger partial charge in [-0.15, -0.1) is 0 Å². The summed E-state index contributed by atoms with van der Waals surface area (Å²) in [5.41, 5.74) is 2.26. The van der Waals surface area contributed by atoms with Crippen LogP contribution in [0.15, 0.2) is 24.4 Å². The predicted octanol–water partition coefficient (Wildman–Crippen LogP) is 1.88. The summed E-state index contributed by atoms with van der Waals surface area (Å²) in [6.07, 6.45) is 2.94. The molecule has 0 aromatic carbocycles. The number of nitrogens with one attached hydrogen (secondary N) is 1. The average molecular weight is 261 g/mol. The Morgan fingerprint density at radius 2 is 2.44 bits per heavy atom. The van der Waals surface area contributed by atoms with E-state index in [4.69, 9.17) is 0 Å². The molecular weight excluding hydrogens is 246 g/mol. The number of amides is 1. The second-order valence-electron chi connectivity index (χ2n) is 4.51. The lowest BCUT2D eigenvalue weighted by Gasteiger charge is -2.11. The van der Waals surface area contributed by atoms with Gasteiger partial charge in [0.1, 0.15) is 11.3 Å². The van der Waals surface area contributed by atoms with Crippen molar-refractivity contribution in [2.75, 3.05) is 11.5 Å². The van der Waals surface area contributed by atoms with Gasteiger partial charge in [0, 0.05) is 18.0 Å². The van der Waals surface area contributed by atoms with Gasteiger partial charge in [0.05, 0.1) is 5.69 Å². The van der Waals surface area contributed by atoms with Gasteiger partial charge in [-0.2, -0.15) is 11.8 Å². The highest BCUT2D eigenvalue weighted by Crippen LogP contribution is 2.18. The van der Waals surface area contributed by atoms with E-state index in [0.717, 1.165) is 29.3 Å². The van der Waals surface area contributed by atoms with Crippen LogP contribution in [-0.2, 0) is 0 Å². The van der Waals surface area contributed by atoms with Crippen molar-refractivity contribution in [1.29, 1.82) is 0 Å². The standard InChI is InChI=1S/C13H15N3OS/c1-9-12(13(17)15-10-5-7-18-8-10)16-6-3-2-4-11(16)14-9/h2-4,6,10H,5,7-8H2,1H3,(H,15,17)/t10-/m0/s1. The fourth-order valence-electron chi connectivity index (χ4n) is 2.29. The number of carbonyl (C=O) groups is 1. The summed E-state index contributed by atoms with van der Waals surface area (Å²) in [6.45, 7) is 1.88. The molecule has 2 aromatic heterocycles. The number of aromatic nitrogens is 2. The summed E-state index contributed by atoms with van der Waals surface area (Å²) in [5, 5.41) is 3.09. The molecule has 0 aliphatic carbocycles. The summed E-state index contributed by atoms with van der Waals surface area (Å²) < 4.78 is 1.85. The first kappa shape index (κ1) is 11.6. The molecule has 4 nitrogen and oxygen atoms in total. The maximum atomic E-state index is 12.3. The number of thioether (sulfide) groups is 1. The first-order valence-electron chi connectivity index (χ1n) is 6.08. The first-order chi connectivity index (χ1) is 8.75. The van der Waals surface area contributed by atoms with Crippen LogP contribution >= 0.6 is 11.8 Å². The highest BCUT2D eigenvalue weighted by molar-refractivity contribution is 7.99. The van der Waals surface area contributed by atoms with E-state index in [9.17, 15) is 4.79 Å². The lowest BCUT2D eigenvalue weighted by molar-refractivity contribution is 0.0934. The Balaban J connectivity index is 1.92. The highest BCUT2D eigenvalue weighted by atomic mass is 32.2. The van der Waals surface area contributed by atoms with Crippen molar-refractivity contribution in [3.63, 3.8) is 0 Å². The maximum absolute atomic E-state index is 12.3. The lowest BCUT2D eigenvalue weighted by Crippen LogP contribution is -2.35. The molecule has 1 fully saturated rings. The molecule has 0 unspecified atom stereocenters. The third-order valence-corrected chi connectivity index (χ3v) is 4.35. The predicted molar refractivity (Wildman–Crippen MR) is 73.1 cm³/mol. The fourth-order valence-corrected chi connectivity index (χ4v) is 3.44. The molecule has 1 aliphatic rings. The van der Waals surface area contributed by atoms with Crippen molar-refractivity contribution in [1.82, 2.24) is 14.7 Å². The van der Waals surface area contributed by atoms with E-state index in [1.807, 2.05) is 47.5 Å². The summed E-state index contributed by atoms with van der Waals surface area (Å²) in [5.74, 6) is 2.14. The van der Waals surface area contributed by atoms with Gasteiger partial charge < -0.3 is 5.32 Å². The first-order valence-corrected chi connectivity index (χ1v) is 7.23. The van der Waals surface area contributed by atoms with E-state index in [-0.39, 0.29) is 5.91 Å². The molecule has 2 aromatic rings. The number of carbonyl (C=O) groups excluding carboxylic acids is 1. The van der Waals surface area contributed by atoms with E-state index < -0.39 is 0 Å². The second kappa shape index (κ2) is 4.65. The van der Waals surface area contributed by atoms with E-state index in [1.54, 1.807) is 0 Å². The van der Waals surface area contributed by atoms with Crippen molar-refractivity contribution in [3.05, 3.63) is 35.8 Å². The minimum Gasteiger partial charge on any atom is -0.347 e. The van der Waals surface area contributed by atoms with Gasteiger partial charge in [0.15, 0.2) is 0 Å². The van der Waals surface area contributed by atoms with Gasteiger partial charge >= 0.3 is 0 Å². The summed E-state index contributed by atoms with van der Waals surface area (Å²) >= 11 is 1.89. The van der Waals surface area contributed by atoms with Gasteiger partial charge in [0.25, 0.3) is 5.91 Å². The lowest BCUT2D eigenvalue weighted by atomic mass is 10.2. The highest BCUT2D eigenvalue weighted by Gasteiger charge is 2.22. The van der Waals surface area contributed by atoms with Crippen molar-refractivity contribution in [2.45, 2.75) is 19.4 Å². The summed E-state index contributed by atoms with van der Waals surface area (Å²) in [7, 11) is 0. The van der Waals surface area contributed by atoms with E-state index >= 15 is 0 Å². The fraction of sp³-hybridized carbons (Fsp3) is 0.385. The second-order valence-corrected chi connectivity index (χ2v) is 5.66. The molecule has 1 aliphatic heterocycles. The molecule has 0 bridgehead atoms. The Labute approximate surface area is 110 Å².